The number of hydrogen-bond acceptors (Lipinski definition) is 4. The van der Waals surface area contributed by atoms with Gasteiger partial charge in [-0.1, -0.05) is 60.7 Å². The molecule has 0 fully saturated rings. The van der Waals surface area contributed by atoms with E-state index in [1.54, 1.807) is 18.2 Å². The van der Waals surface area contributed by atoms with Crippen LogP contribution in [0.15, 0.2) is 72.8 Å². The summed E-state index contributed by atoms with van der Waals surface area (Å²) in [6, 6.07) is 23.3. The van der Waals surface area contributed by atoms with E-state index in [0.717, 1.165) is 27.8 Å². The molecule has 0 radical (unpaired) electrons. The van der Waals surface area contributed by atoms with Gasteiger partial charge in [-0.25, -0.2) is 9.59 Å². The van der Waals surface area contributed by atoms with Crippen LogP contribution in [0.25, 0.3) is 21.2 Å². The molecule has 30 heavy (non-hydrogen) atoms. The van der Waals surface area contributed by atoms with Crippen molar-refractivity contribution in [1.82, 2.24) is 0 Å². The maximum Gasteiger partial charge on any atom is 0.411 e. The topological polar surface area (TPSA) is 75.6 Å². The first-order valence-corrected chi connectivity index (χ1v) is 10.3. The second-order valence-electron chi connectivity index (χ2n) is 7.09. The van der Waals surface area contributed by atoms with Gasteiger partial charge in [0.25, 0.3) is 0 Å². The number of hydrogen-bond donors (Lipinski definition) is 2. The number of carboxylic acid groups (broad SMARTS) is 1. The number of carboxylic acids is 1. The van der Waals surface area contributed by atoms with Crippen molar-refractivity contribution in [3.63, 3.8) is 0 Å². The number of rotatable bonds is 4. The van der Waals surface area contributed by atoms with Crippen LogP contribution in [-0.4, -0.2) is 23.8 Å². The SMILES string of the molecule is O=C(Nc1cccc2cc(C(=O)O)sc12)OCC1c2ccccc2-c2ccccc21. The van der Waals surface area contributed by atoms with E-state index in [1.807, 2.05) is 30.3 Å². The van der Waals surface area contributed by atoms with E-state index in [0.29, 0.717) is 10.4 Å². The lowest BCUT2D eigenvalue weighted by Gasteiger charge is -2.14. The van der Waals surface area contributed by atoms with Gasteiger partial charge >= 0.3 is 12.1 Å². The molecule has 0 saturated carbocycles. The van der Waals surface area contributed by atoms with Crippen LogP contribution in [0.4, 0.5) is 10.5 Å². The molecule has 0 spiro atoms. The lowest BCUT2D eigenvalue weighted by Crippen LogP contribution is -2.17. The third-order valence-corrected chi connectivity index (χ3v) is 6.51. The molecule has 3 aromatic carbocycles. The molecule has 6 heteroatoms. The smallest absolute Gasteiger partial charge is 0.411 e. The van der Waals surface area contributed by atoms with Crippen molar-refractivity contribution in [2.45, 2.75) is 5.92 Å². The van der Waals surface area contributed by atoms with Gasteiger partial charge in [0.1, 0.15) is 11.5 Å². The molecule has 5 nitrogen and oxygen atoms in total. The van der Waals surface area contributed by atoms with Crippen LogP contribution >= 0.6 is 11.3 Å². The number of thiophene rings is 1. The predicted molar refractivity (Wildman–Crippen MR) is 117 cm³/mol. The molecule has 0 unspecified atom stereocenters. The van der Waals surface area contributed by atoms with E-state index < -0.39 is 12.1 Å². The number of nitrogens with one attached hydrogen (secondary N) is 1. The van der Waals surface area contributed by atoms with Crippen LogP contribution in [0.5, 0.6) is 0 Å². The first-order valence-electron chi connectivity index (χ1n) is 9.49. The number of aromatic carboxylic acids is 1. The number of ether oxygens (including phenoxy) is 1. The monoisotopic (exact) mass is 415 g/mol. The van der Waals surface area contributed by atoms with Gasteiger partial charge < -0.3 is 9.84 Å². The van der Waals surface area contributed by atoms with Crippen molar-refractivity contribution in [3.05, 3.63) is 88.8 Å². The normalized spacial score (nSPS) is 12.4. The van der Waals surface area contributed by atoms with Crippen molar-refractivity contribution < 1.29 is 19.4 Å². The molecule has 1 heterocycles. The zero-order chi connectivity index (χ0) is 20.7. The fourth-order valence-corrected chi connectivity index (χ4v) is 4.98. The lowest BCUT2D eigenvalue weighted by atomic mass is 9.98. The molecule has 4 aromatic rings. The molecule has 0 saturated heterocycles. The van der Waals surface area contributed by atoms with E-state index in [9.17, 15) is 14.7 Å². The van der Waals surface area contributed by atoms with Gasteiger partial charge in [-0.3, -0.25) is 5.32 Å². The Bertz CT molecular complexity index is 1250. The number of carbonyl (C=O) groups excluding carboxylic acids is 1. The number of amides is 1. The average Bonchev–Trinajstić information content (AvgIpc) is 3.33. The second-order valence-corrected chi connectivity index (χ2v) is 8.14. The van der Waals surface area contributed by atoms with Crippen LogP contribution in [0.1, 0.15) is 26.7 Å². The Hall–Kier alpha value is -3.64. The largest absolute Gasteiger partial charge is 0.477 e. The fraction of sp³-hybridized carbons (Fsp3) is 0.0833. The standard InChI is InChI=1S/C24H17NO4S/c26-23(27)21-12-14-6-5-11-20(22(14)30-21)25-24(28)29-13-19-17-9-3-1-7-15(17)16-8-2-4-10-18(16)19/h1-12,19H,13H2,(H,25,28)(H,26,27). The molecule has 1 aromatic heterocycles. The van der Waals surface area contributed by atoms with Crippen molar-refractivity contribution in [1.29, 1.82) is 0 Å². The minimum Gasteiger partial charge on any atom is -0.477 e. The molecule has 0 bridgehead atoms. The highest BCUT2D eigenvalue weighted by molar-refractivity contribution is 7.21. The van der Waals surface area contributed by atoms with Gasteiger partial charge in [-0.15, -0.1) is 11.3 Å². The zero-order valence-corrected chi connectivity index (χ0v) is 16.6. The summed E-state index contributed by atoms with van der Waals surface area (Å²) in [5.41, 5.74) is 5.19. The Morgan fingerprint density at radius 1 is 0.933 bits per heavy atom. The predicted octanol–water partition coefficient (Wildman–Crippen LogP) is 5.96. The highest BCUT2D eigenvalue weighted by Gasteiger charge is 2.29. The first-order chi connectivity index (χ1) is 14.6. The highest BCUT2D eigenvalue weighted by atomic mass is 32.1. The molecular formula is C24H17NO4S. The van der Waals surface area contributed by atoms with Crippen LogP contribution in [0, 0.1) is 0 Å². The number of anilines is 1. The zero-order valence-electron chi connectivity index (χ0n) is 15.8. The molecule has 1 aliphatic rings. The van der Waals surface area contributed by atoms with Gasteiger partial charge in [0, 0.05) is 5.92 Å². The van der Waals surface area contributed by atoms with Gasteiger partial charge in [0.05, 0.1) is 10.4 Å². The van der Waals surface area contributed by atoms with E-state index in [-0.39, 0.29) is 17.4 Å². The Morgan fingerprint density at radius 2 is 1.60 bits per heavy atom. The first kappa shape index (κ1) is 18.4. The highest BCUT2D eigenvalue weighted by Crippen LogP contribution is 2.44. The van der Waals surface area contributed by atoms with E-state index in [4.69, 9.17) is 4.74 Å². The summed E-state index contributed by atoms with van der Waals surface area (Å²) in [6.45, 7) is 0.223. The maximum absolute atomic E-state index is 12.5. The Balaban J connectivity index is 1.35. The van der Waals surface area contributed by atoms with Crippen LogP contribution < -0.4 is 5.32 Å². The number of benzene rings is 3. The van der Waals surface area contributed by atoms with Crippen molar-refractivity contribution in [2.75, 3.05) is 11.9 Å². The van der Waals surface area contributed by atoms with Crippen molar-refractivity contribution in [2.24, 2.45) is 0 Å². The van der Waals surface area contributed by atoms with Gasteiger partial charge in [0.15, 0.2) is 0 Å². The summed E-state index contributed by atoms with van der Waals surface area (Å²) in [4.78, 5) is 24.0. The van der Waals surface area contributed by atoms with Crippen LogP contribution in [0.2, 0.25) is 0 Å². The third-order valence-electron chi connectivity index (χ3n) is 5.34. The fourth-order valence-electron chi connectivity index (χ4n) is 4.01. The number of fused-ring (bicyclic) bond motifs is 4. The van der Waals surface area contributed by atoms with Crippen LogP contribution in [-0.2, 0) is 4.74 Å². The summed E-state index contributed by atoms with van der Waals surface area (Å²) in [6.07, 6.45) is -0.561. The third kappa shape index (κ3) is 3.11. The van der Waals surface area contributed by atoms with Crippen molar-refractivity contribution >= 4 is 39.2 Å². The molecule has 2 N–H and O–H groups in total. The molecular weight excluding hydrogens is 398 g/mol. The maximum atomic E-state index is 12.5. The van der Waals surface area contributed by atoms with E-state index in [2.05, 4.69) is 29.6 Å². The molecule has 1 aliphatic carbocycles. The van der Waals surface area contributed by atoms with E-state index in [1.165, 1.54) is 11.1 Å². The van der Waals surface area contributed by atoms with E-state index >= 15 is 0 Å². The quantitative estimate of drug-likeness (QED) is 0.431. The Kier molecular flexibility index (Phi) is 4.48. The van der Waals surface area contributed by atoms with Crippen LogP contribution in [0.3, 0.4) is 0 Å². The molecule has 0 atom stereocenters. The summed E-state index contributed by atoms with van der Waals surface area (Å²) in [5.74, 6) is -0.998. The summed E-state index contributed by atoms with van der Waals surface area (Å²) >= 11 is 1.13. The lowest BCUT2D eigenvalue weighted by molar-refractivity contribution is 0.0702. The molecule has 148 valence electrons. The minimum atomic E-state index is -0.983. The molecule has 5 rings (SSSR count). The number of carbonyl (C=O) groups is 2. The Labute approximate surface area is 176 Å². The summed E-state index contributed by atoms with van der Waals surface area (Å²) < 4.78 is 6.30. The minimum absolute atomic E-state index is 0.0145. The molecule has 0 aliphatic heterocycles. The summed E-state index contributed by atoms with van der Waals surface area (Å²) in [7, 11) is 0. The molecule has 1 amide bonds. The van der Waals surface area contributed by atoms with Crippen molar-refractivity contribution in [3.8, 4) is 11.1 Å². The summed E-state index contributed by atoms with van der Waals surface area (Å²) in [5, 5.41) is 12.8. The van der Waals surface area contributed by atoms with Gasteiger partial charge in [-0.05, 0) is 39.8 Å². The average molecular weight is 415 g/mol. The van der Waals surface area contributed by atoms with Gasteiger partial charge in [-0.2, -0.15) is 0 Å². The van der Waals surface area contributed by atoms with Gasteiger partial charge in [0.2, 0.25) is 0 Å². The Morgan fingerprint density at radius 3 is 2.27 bits per heavy atom. The second kappa shape index (κ2) is 7.31.